The van der Waals surface area contributed by atoms with E-state index in [-0.39, 0.29) is 24.2 Å². The van der Waals surface area contributed by atoms with Crippen molar-refractivity contribution in [3.63, 3.8) is 0 Å². The van der Waals surface area contributed by atoms with Crippen LogP contribution in [-0.4, -0.2) is 28.6 Å². The predicted molar refractivity (Wildman–Crippen MR) is 119 cm³/mol. The first-order chi connectivity index (χ1) is 14.4. The molecule has 0 radical (unpaired) electrons. The third-order valence-electron chi connectivity index (χ3n) is 5.24. The van der Waals surface area contributed by atoms with Gasteiger partial charge in [0.05, 0.1) is 6.42 Å². The van der Waals surface area contributed by atoms with Crippen molar-refractivity contribution in [2.75, 3.05) is 16.8 Å². The zero-order chi connectivity index (χ0) is 21.3. The third kappa shape index (κ3) is 4.52. The molecule has 4 rings (SSSR count). The van der Waals surface area contributed by atoms with Crippen LogP contribution in [0.15, 0.2) is 42.5 Å². The summed E-state index contributed by atoms with van der Waals surface area (Å²) in [6.45, 7) is 4.66. The molecule has 1 saturated heterocycles. The molecule has 0 bridgehead atoms. The fourth-order valence-corrected chi connectivity index (χ4v) is 4.39. The Morgan fingerprint density at radius 2 is 1.93 bits per heavy atom. The molecule has 1 aliphatic heterocycles. The van der Waals surface area contributed by atoms with Crippen molar-refractivity contribution < 1.29 is 9.59 Å². The molecule has 30 heavy (non-hydrogen) atoms. The summed E-state index contributed by atoms with van der Waals surface area (Å²) in [5.41, 5.74) is 4.13. The normalized spacial score (nSPS) is 16.2. The average Bonchev–Trinajstić information content (AvgIpc) is 3.32. The Kier molecular flexibility index (Phi) is 5.83. The molecule has 8 heteroatoms. The van der Waals surface area contributed by atoms with Gasteiger partial charge in [-0.2, -0.15) is 0 Å². The zero-order valence-electron chi connectivity index (χ0n) is 16.7. The first-order valence-electron chi connectivity index (χ1n) is 9.64. The molecule has 1 atom stereocenters. The van der Waals surface area contributed by atoms with E-state index in [0.29, 0.717) is 23.1 Å². The highest BCUT2D eigenvalue weighted by Crippen LogP contribution is 2.34. The molecule has 154 valence electrons. The van der Waals surface area contributed by atoms with Crippen LogP contribution in [0.5, 0.6) is 0 Å². The number of nitrogens with zero attached hydrogens (tertiary/aromatic N) is 3. The van der Waals surface area contributed by atoms with Crippen molar-refractivity contribution in [3.05, 3.63) is 69.2 Å². The van der Waals surface area contributed by atoms with Crippen LogP contribution in [-0.2, 0) is 16.0 Å². The van der Waals surface area contributed by atoms with Gasteiger partial charge in [0.1, 0.15) is 5.01 Å². The number of nitrogens with one attached hydrogen (secondary N) is 1. The van der Waals surface area contributed by atoms with Crippen molar-refractivity contribution in [1.82, 2.24) is 10.2 Å². The fraction of sp³-hybridized carbons (Fsp3) is 0.273. The van der Waals surface area contributed by atoms with Gasteiger partial charge in [-0.15, -0.1) is 10.2 Å². The van der Waals surface area contributed by atoms with Crippen molar-refractivity contribution in [3.8, 4) is 0 Å². The highest BCUT2D eigenvalue weighted by molar-refractivity contribution is 7.15. The number of hydrogen-bond acceptors (Lipinski definition) is 5. The Balaban J connectivity index is 1.40. The predicted octanol–water partition coefficient (Wildman–Crippen LogP) is 4.51. The lowest BCUT2D eigenvalue weighted by Crippen LogP contribution is -2.24. The molecule has 6 nitrogen and oxygen atoms in total. The van der Waals surface area contributed by atoms with Gasteiger partial charge < -0.3 is 10.2 Å². The first-order valence-corrected chi connectivity index (χ1v) is 10.8. The van der Waals surface area contributed by atoms with Crippen molar-refractivity contribution in [2.24, 2.45) is 0 Å². The number of amides is 2. The van der Waals surface area contributed by atoms with Crippen LogP contribution < -0.4 is 10.2 Å². The molecule has 1 N–H and O–H groups in total. The third-order valence-corrected chi connectivity index (χ3v) is 6.49. The fourth-order valence-electron chi connectivity index (χ4n) is 3.42. The van der Waals surface area contributed by atoms with Gasteiger partial charge >= 0.3 is 0 Å². The Labute approximate surface area is 183 Å². The summed E-state index contributed by atoms with van der Waals surface area (Å²) in [6, 6.07) is 13.2. The minimum absolute atomic E-state index is 0.0291. The quantitative estimate of drug-likeness (QED) is 0.633. The molecule has 0 saturated carbocycles. The second-order valence-corrected chi connectivity index (χ2v) is 8.92. The molecule has 0 spiro atoms. The van der Waals surface area contributed by atoms with Crippen LogP contribution in [0, 0.1) is 13.8 Å². The topological polar surface area (TPSA) is 75.2 Å². The lowest BCUT2D eigenvalue weighted by molar-refractivity contribution is -0.117. The van der Waals surface area contributed by atoms with E-state index in [0.717, 1.165) is 21.8 Å². The Hall–Kier alpha value is -2.77. The van der Waals surface area contributed by atoms with Gasteiger partial charge in [-0.05, 0) is 54.8 Å². The van der Waals surface area contributed by atoms with Crippen LogP contribution in [0.2, 0.25) is 5.02 Å². The molecular formula is C22H21ClN4O2S. The van der Waals surface area contributed by atoms with E-state index in [9.17, 15) is 9.59 Å². The minimum atomic E-state index is -0.167. The van der Waals surface area contributed by atoms with Crippen molar-refractivity contribution in [2.45, 2.75) is 32.6 Å². The molecule has 2 amide bonds. The molecule has 2 heterocycles. The summed E-state index contributed by atoms with van der Waals surface area (Å²) in [5, 5.41) is 12.9. The van der Waals surface area contributed by atoms with Crippen LogP contribution >= 0.6 is 22.9 Å². The summed E-state index contributed by atoms with van der Waals surface area (Å²) in [6.07, 6.45) is 0.620. The number of benzene rings is 2. The highest BCUT2D eigenvalue weighted by atomic mass is 35.5. The summed E-state index contributed by atoms with van der Waals surface area (Å²) < 4.78 is 0. The maximum atomic E-state index is 12.6. The number of aromatic nitrogens is 2. The van der Waals surface area contributed by atoms with E-state index in [1.54, 1.807) is 17.0 Å². The molecule has 0 unspecified atom stereocenters. The number of carbonyl (C=O) groups excluding carboxylic acids is 2. The van der Waals surface area contributed by atoms with E-state index < -0.39 is 0 Å². The van der Waals surface area contributed by atoms with Gasteiger partial charge in [0, 0.05) is 29.6 Å². The van der Waals surface area contributed by atoms with Crippen molar-refractivity contribution in [1.29, 1.82) is 0 Å². The maximum absolute atomic E-state index is 12.6. The van der Waals surface area contributed by atoms with E-state index in [4.69, 9.17) is 11.6 Å². The smallest absolute Gasteiger partial charge is 0.230 e. The number of anilines is 2. The second kappa shape index (κ2) is 8.53. The first kappa shape index (κ1) is 20.5. The van der Waals surface area contributed by atoms with Crippen LogP contribution in [0.4, 0.5) is 10.8 Å². The number of rotatable bonds is 5. The molecule has 1 fully saturated rings. The highest BCUT2D eigenvalue weighted by Gasteiger charge is 2.34. The summed E-state index contributed by atoms with van der Waals surface area (Å²) in [4.78, 5) is 26.7. The van der Waals surface area contributed by atoms with Crippen molar-refractivity contribution >= 4 is 45.6 Å². The minimum Gasteiger partial charge on any atom is -0.312 e. The number of hydrogen-bond donors (Lipinski definition) is 1. The molecule has 2 aromatic carbocycles. The summed E-state index contributed by atoms with van der Waals surface area (Å²) >= 11 is 7.19. The largest absolute Gasteiger partial charge is 0.312 e. The number of carbonyl (C=O) groups is 2. The molecular weight excluding hydrogens is 420 g/mol. The van der Waals surface area contributed by atoms with E-state index in [1.165, 1.54) is 16.9 Å². The summed E-state index contributed by atoms with van der Waals surface area (Å²) in [5.74, 6) is -0.121. The lowest BCUT2D eigenvalue weighted by Gasteiger charge is -2.17. The second-order valence-electron chi connectivity index (χ2n) is 7.47. The van der Waals surface area contributed by atoms with Gasteiger partial charge in [0.2, 0.25) is 16.9 Å². The van der Waals surface area contributed by atoms with Crippen LogP contribution in [0.25, 0.3) is 0 Å². The molecule has 1 aliphatic rings. The van der Waals surface area contributed by atoms with E-state index >= 15 is 0 Å². The van der Waals surface area contributed by atoms with Crippen LogP contribution in [0.1, 0.15) is 34.0 Å². The van der Waals surface area contributed by atoms with Gasteiger partial charge in [-0.3, -0.25) is 9.59 Å². The Bertz CT molecular complexity index is 1100. The molecule has 3 aromatic rings. The standard InChI is InChI=1S/C22H21ClN4O2S/c1-13-3-8-18(9-14(13)2)27-12-16(11-20(27)29)21-25-26-22(30-21)24-19(28)10-15-4-6-17(23)7-5-15/h3-9,16H,10-12H2,1-2H3,(H,24,26,28)/t16-/m0/s1. The molecule has 1 aromatic heterocycles. The van der Waals surface area contributed by atoms with Gasteiger partial charge in [0.15, 0.2) is 0 Å². The Morgan fingerprint density at radius 1 is 1.17 bits per heavy atom. The SMILES string of the molecule is Cc1ccc(N2C[C@@H](c3nnc(NC(=O)Cc4ccc(Cl)cc4)s3)CC2=O)cc1C. The van der Waals surface area contributed by atoms with E-state index in [1.807, 2.05) is 37.3 Å². The average molecular weight is 441 g/mol. The number of aryl methyl sites for hydroxylation is 2. The number of halogens is 1. The van der Waals surface area contributed by atoms with E-state index in [2.05, 4.69) is 22.4 Å². The monoisotopic (exact) mass is 440 g/mol. The van der Waals surface area contributed by atoms with Gasteiger partial charge in [0.25, 0.3) is 0 Å². The summed E-state index contributed by atoms with van der Waals surface area (Å²) in [7, 11) is 0. The Morgan fingerprint density at radius 3 is 2.67 bits per heavy atom. The maximum Gasteiger partial charge on any atom is 0.230 e. The lowest BCUT2D eigenvalue weighted by atomic mass is 10.1. The zero-order valence-corrected chi connectivity index (χ0v) is 18.3. The van der Waals surface area contributed by atoms with Gasteiger partial charge in [-0.1, -0.05) is 41.1 Å². The van der Waals surface area contributed by atoms with Crippen LogP contribution in [0.3, 0.4) is 0 Å². The van der Waals surface area contributed by atoms with Gasteiger partial charge in [-0.25, -0.2) is 0 Å². The molecule has 0 aliphatic carbocycles.